The molecule has 4 heteroatoms. The Bertz CT molecular complexity index is 406. The number of rotatable bonds is 23. The van der Waals surface area contributed by atoms with Gasteiger partial charge < -0.3 is 9.47 Å². The van der Waals surface area contributed by atoms with Crippen molar-refractivity contribution in [2.24, 2.45) is 0 Å². The average Bonchev–Trinajstić information content (AvgIpc) is 2.75. The maximum atomic E-state index is 11.6. The molecule has 0 aromatic rings. The molecule has 0 aromatic heterocycles. The van der Waals surface area contributed by atoms with Crippen LogP contribution < -0.4 is 0 Å². The Kier molecular flexibility index (Phi) is 22.9. The largest absolute Gasteiger partial charge is 0.466 e. The third-order valence-electron chi connectivity index (χ3n) is 5.36. The first-order chi connectivity index (χ1) is 14.7. The quantitative estimate of drug-likeness (QED) is 0.0958. The third-order valence-corrected chi connectivity index (χ3v) is 5.36. The Morgan fingerprint density at radius 3 is 1.37 bits per heavy atom. The Morgan fingerprint density at radius 2 is 0.967 bits per heavy atom. The number of hydrogen-bond donors (Lipinski definition) is 0. The molecule has 0 aliphatic rings. The Labute approximate surface area is 186 Å². The summed E-state index contributed by atoms with van der Waals surface area (Å²) in [6.45, 7) is 6.74. The number of carbonyl (C=O) groups is 2. The van der Waals surface area contributed by atoms with Gasteiger partial charge in [-0.05, 0) is 19.3 Å². The molecule has 0 spiro atoms. The molecule has 0 heterocycles. The molecule has 30 heavy (non-hydrogen) atoms. The molecule has 4 nitrogen and oxygen atoms in total. The SMILES string of the molecule is C=CCCCOC(=O)CCC(=O)OCCCCCCCCCCCCCCCCC. The van der Waals surface area contributed by atoms with Crippen LogP contribution in [0.4, 0.5) is 0 Å². The first-order valence-electron chi connectivity index (χ1n) is 12.6. The van der Waals surface area contributed by atoms with E-state index in [4.69, 9.17) is 9.47 Å². The summed E-state index contributed by atoms with van der Waals surface area (Å²) in [6, 6.07) is 0. The molecular formula is C26H48O4. The van der Waals surface area contributed by atoms with Crippen LogP contribution in [-0.2, 0) is 19.1 Å². The highest BCUT2D eigenvalue weighted by Crippen LogP contribution is 2.13. The fraction of sp³-hybridized carbons (Fsp3) is 0.846. The molecule has 0 unspecified atom stereocenters. The summed E-state index contributed by atoms with van der Waals surface area (Å²) in [5.41, 5.74) is 0. The van der Waals surface area contributed by atoms with Gasteiger partial charge in [0.25, 0.3) is 0 Å². The summed E-state index contributed by atoms with van der Waals surface area (Å²) in [5, 5.41) is 0. The van der Waals surface area contributed by atoms with Gasteiger partial charge in [-0.15, -0.1) is 6.58 Å². The number of carbonyl (C=O) groups excluding carboxylic acids is 2. The second-order valence-corrected chi connectivity index (χ2v) is 8.32. The van der Waals surface area contributed by atoms with E-state index in [1.54, 1.807) is 6.08 Å². The minimum Gasteiger partial charge on any atom is -0.466 e. The number of hydrogen-bond acceptors (Lipinski definition) is 4. The van der Waals surface area contributed by atoms with Crippen molar-refractivity contribution in [2.45, 2.75) is 129 Å². The average molecular weight is 425 g/mol. The lowest BCUT2D eigenvalue weighted by atomic mass is 10.0. The first-order valence-corrected chi connectivity index (χ1v) is 12.6. The molecule has 176 valence electrons. The van der Waals surface area contributed by atoms with Crippen LogP contribution in [0, 0.1) is 0 Å². The lowest BCUT2D eigenvalue weighted by Gasteiger charge is -2.06. The van der Waals surface area contributed by atoms with E-state index in [2.05, 4.69) is 13.5 Å². The van der Waals surface area contributed by atoms with Gasteiger partial charge in [0.1, 0.15) is 0 Å². The predicted molar refractivity (Wildman–Crippen MR) is 126 cm³/mol. The van der Waals surface area contributed by atoms with Crippen LogP contribution in [0.2, 0.25) is 0 Å². The summed E-state index contributed by atoms with van der Waals surface area (Å²) >= 11 is 0. The van der Waals surface area contributed by atoms with E-state index >= 15 is 0 Å². The van der Waals surface area contributed by atoms with Gasteiger partial charge in [0.2, 0.25) is 0 Å². The number of esters is 2. The van der Waals surface area contributed by atoms with Crippen molar-refractivity contribution in [3.05, 3.63) is 12.7 Å². The normalized spacial score (nSPS) is 10.7. The second-order valence-electron chi connectivity index (χ2n) is 8.32. The van der Waals surface area contributed by atoms with E-state index in [-0.39, 0.29) is 24.8 Å². The van der Waals surface area contributed by atoms with Crippen LogP contribution >= 0.6 is 0 Å². The zero-order valence-corrected chi connectivity index (χ0v) is 19.8. The van der Waals surface area contributed by atoms with Crippen LogP contribution in [-0.4, -0.2) is 25.2 Å². The first kappa shape index (κ1) is 28.7. The van der Waals surface area contributed by atoms with Gasteiger partial charge in [0.05, 0.1) is 26.1 Å². The van der Waals surface area contributed by atoms with Gasteiger partial charge in [-0.1, -0.05) is 103 Å². The minimum atomic E-state index is -0.331. The van der Waals surface area contributed by atoms with Crippen molar-refractivity contribution in [1.82, 2.24) is 0 Å². The van der Waals surface area contributed by atoms with Crippen LogP contribution in [0.15, 0.2) is 12.7 Å². The fourth-order valence-electron chi connectivity index (χ4n) is 3.42. The van der Waals surface area contributed by atoms with Crippen molar-refractivity contribution in [1.29, 1.82) is 0 Å². The maximum absolute atomic E-state index is 11.6. The van der Waals surface area contributed by atoms with Crippen molar-refractivity contribution < 1.29 is 19.1 Å². The summed E-state index contributed by atoms with van der Waals surface area (Å²) in [5.74, 6) is -0.633. The summed E-state index contributed by atoms with van der Waals surface area (Å²) < 4.78 is 10.2. The molecule has 0 radical (unpaired) electrons. The van der Waals surface area contributed by atoms with Crippen molar-refractivity contribution in [3.63, 3.8) is 0 Å². The van der Waals surface area contributed by atoms with E-state index < -0.39 is 0 Å². The molecule has 0 bridgehead atoms. The standard InChI is InChI=1S/C26H48O4/c1-3-5-7-8-9-10-11-12-13-14-15-16-17-18-20-24-30-26(28)22-21-25(27)29-23-19-6-4-2/h4H,2-3,5-24H2,1H3. The Morgan fingerprint density at radius 1 is 0.600 bits per heavy atom. The fourth-order valence-corrected chi connectivity index (χ4v) is 3.42. The Hall–Kier alpha value is -1.32. The maximum Gasteiger partial charge on any atom is 0.306 e. The van der Waals surface area contributed by atoms with Gasteiger partial charge in [-0.3, -0.25) is 9.59 Å². The molecule has 0 aliphatic carbocycles. The van der Waals surface area contributed by atoms with Gasteiger partial charge in [-0.25, -0.2) is 0 Å². The van der Waals surface area contributed by atoms with Gasteiger partial charge in [-0.2, -0.15) is 0 Å². The lowest BCUT2D eigenvalue weighted by Crippen LogP contribution is -2.11. The topological polar surface area (TPSA) is 52.6 Å². The molecule has 0 rings (SSSR count). The highest BCUT2D eigenvalue weighted by Gasteiger charge is 2.08. The van der Waals surface area contributed by atoms with Crippen LogP contribution in [0.1, 0.15) is 129 Å². The summed E-state index contributed by atoms with van der Waals surface area (Å²) in [4.78, 5) is 23.1. The smallest absolute Gasteiger partial charge is 0.306 e. The molecule has 0 fully saturated rings. The molecule has 0 atom stereocenters. The molecule has 0 amide bonds. The molecule has 0 saturated heterocycles. The molecule has 0 N–H and O–H groups in total. The van der Waals surface area contributed by atoms with Crippen molar-refractivity contribution in [3.8, 4) is 0 Å². The third kappa shape index (κ3) is 23.0. The summed E-state index contributed by atoms with van der Waals surface area (Å²) in [7, 11) is 0. The molecular weight excluding hydrogens is 376 g/mol. The van der Waals surface area contributed by atoms with Crippen LogP contribution in [0.5, 0.6) is 0 Å². The van der Waals surface area contributed by atoms with E-state index in [0.717, 1.165) is 25.7 Å². The van der Waals surface area contributed by atoms with E-state index in [0.29, 0.717) is 13.2 Å². The highest BCUT2D eigenvalue weighted by molar-refractivity contribution is 5.77. The lowest BCUT2D eigenvalue weighted by molar-refractivity contribution is -0.150. The molecule has 0 saturated carbocycles. The van der Waals surface area contributed by atoms with E-state index in [1.165, 1.54) is 83.5 Å². The van der Waals surface area contributed by atoms with E-state index in [9.17, 15) is 9.59 Å². The van der Waals surface area contributed by atoms with Crippen molar-refractivity contribution >= 4 is 11.9 Å². The van der Waals surface area contributed by atoms with Gasteiger partial charge in [0, 0.05) is 0 Å². The van der Waals surface area contributed by atoms with Gasteiger partial charge in [0.15, 0.2) is 0 Å². The van der Waals surface area contributed by atoms with Crippen molar-refractivity contribution in [2.75, 3.05) is 13.2 Å². The highest BCUT2D eigenvalue weighted by atomic mass is 16.5. The zero-order chi connectivity index (χ0) is 22.1. The monoisotopic (exact) mass is 424 g/mol. The van der Waals surface area contributed by atoms with Gasteiger partial charge >= 0.3 is 11.9 Å². The number of unbranched alkanes of at least 4 members (excludes halogenated alkanes) is 15. The second kappa shape index (κ2) is 24.0. The number of ether oxygens (including phenoxy) is 2. The zero-order valence-electron chi connectivity index (χ0n) is 19.8. The minimum absolute atomic E-state index is 0.103. The van der Waals surface area contributed by atoms with Crippen LogP contribution in [0.25, 0.3) is 0 Å². The predicted octanol–water partition coefficient (Wildman–Crippen LogP) is 7.69. The van der Waals surface area contributed by atoms with Crippen LogP contribution in [0.3, 0.4) is 0 Å². The number of allylic oxidation sites excluding steroid dienone is 1. The molecule has 0 aromatic carbocycles. The van der Waals surface area contributed by atoms with E-state index in [1.807, 2.05) is 0 Å². The Balaban J connectivity index is 3.23. The summed E-state index contributed by atoms with van der Waals surface area (Å²) in [6.07, 6.45) is 23.4. The molecule has 0 aliphatic heterocycles.